The van der Waals surface area contributed by atoms with Crippen LogP contribution in [0, 0.1) is 5.92 Å². The maximum atomic E-state index is 14.3. The molecule has 0 aromatic heterocycles. The van der Waals surface area contributed by atoms with E-state index >= 15 is 0 Å². The Morgan fingerprint density at radius 3 is 2.38 bits per heavy atom. The summed E-state index contributed by atoms with van der Waals surface area (Å²) >= 11 is 6.14. The average molecular weight is 378 g/mol. The smallest absolute Gasteiger partial charge is 0.261 e. The van der Waals surface area contributed by atoms with Crippen molar-refractivity contribution < 1.29 is 18.7 Å². The lowest BCUT2D eigenvalue weighted by molar-refractivity contribution is -0.120. The Kier molecular flexibility index (Phi) is 4.51. The quantitative estimate of drug-likeness (QED) is 0.587. The van der Waals surface area contributed by atoms with Crippen LogP contribution >= 0.6 is 11.6 Å². The van der Waals surface area contributed by atoms with Crippen molar-refractivity contribution in [2.24, 2.45) is 5.92 Å². The Hall–Kier alpha value is -1.88. The second-order valence-corrected chi connectivity index (χ2v) is 7.88. The summed E-state index contributed by atoms with van der Waals surface area (Å²) in [7, 11) is 0. The number of hydrogen-bond donors (Lipinski definition) is 0. The predicted octanol–water partition coefficient (Wildman–Crippen LogP) is 4.16. The Morgan fingerprint density at radius 1 is 1.15 bits per heavy atom. The van der Waals surface area contributed by atoms with Crippen LogP contribution in [0.1, 0.15) is 39.0 Å². The molecule has 4 atom stereocenters. The molecule has 1 heterocycles. The maximum absolute atomic E-state index is 14.3. The van der Waals surface area contributed by atoms with Gasteiger partial charge in [0.1, 0.15) is 18.0 Å². The van der Waals surface area contributed by atoms with E-state index in [1.54, 1.807) is 31.2 Å². The third kappa shape index (κ3) is 2.82. The summed E-state index contributed by atoms with van der Waals surface area (Å²) in [6, 6.07) is 6.76. The highest BCUT2D eigenvalue weighted by Crippen LogP contribution is 2.38. The number of anilines is 1. The van der Waals surface area contributed by atoms with Gasteiger partial charge < -0.3 is 4.74 Å². The molecule has 6 heteroatoms. The van der Waals surface area contributed by atoms with Crippen LogP contribution < -0.4 is 9.64 Å². The van der Waals surface area contributed by atoms with Crippen LogP contribution in [0.2, 0.25) is 0 Å². The minimum absolute atomic E-state index is 0.236. The van der Waals surface area contributed by atoms with Gasteiger partial charge in [0.25, 0.3) is 11.8 Å². The first-order valence-electron chi connectivity index (χ1n) is 9.13. The van der Waals surface area contributed by atoms with Crippen LogP contribution in [-0.2, 0) is 9.59 Å². The number of hydrogen-bond acceptors (Lipinski definition) is 3. The SMILES string of the molecule is CC1C(Cl)CC(Oc2cccc(N3C(=O)C4=C(CCCC4)C3=O)c2)C1F. The Bertz CT molecular complexity index is 765. The molecule has 1 aliphatic heterocycles. The van der Waals surface area contributed by atoms with E-state index in [0.29, 0.717) is 41.8 Å². The van der Waals surface area contributed by atoms with Gasteiger partial charge in [-0.15, -0.1) is 11.6 Å². The van der Waals surface area contributed by atoms with Gasteiger partial charge in [0.2, 0.25) is 0 Å². The number of nitrogens with zero attached hydrogens (tertiary/aromatic N) is 1. The van der Waals surface area contributed by atoms with Gasteiger partial charge in [-0.3, -0.25) is 9.59 Å². The number of alkyl halides is 2. The number of ether oxygens (including phenoxy) is 1. The molecule has 0 saturated heterocycles. The predicted molar refractivity (Wildman–Crippen MR) is 97.2 cm³/mol. The monoisotopic (exact) mass is 377 g/mol. The fourth-order valence-corrected chi connectivity index (χ4v) is 4.38. The molecule has 138 valence electrons. The van der Waals surface area contributed by atoms with Crippen molar-refractivity contribution in [1.29, 1.82) is 0 Å². The fourth-order valence-electron chi connectivity index (χ4n) is 4.06. The van der Waals surface area contributed by atoms with E-state index in [9.17, 15) is 14.0 Å². The maximum Gasteiger partial charge on any atom is 0.261 e. The summed E-state index contributed by atoms with van der Waals surface area (Å²) in [5.74, 6) is -0.290. The summed E-state index contributed by atoms with van der Waals surface area (Å²) in [6.07, 6.45) is 1.88. The molecule has 0 radical (unpaired) electrons. The van der Waals surface area contributed by atoms with Gasteiger partial charge in [0.15, 0.2) is 0 Å². The third-order valence-electron chi connectivity index (χ3n) is 5.64. The second kappa shape index (κ2) is 6.69. The molecular weight excluding hydrogens is 357 g/mol. The van der Waals surface area contributed by atoms with Crippen molar-refractivity contribution in [3.8, 4) is 5.75 Å². The summed E-state index contributed by atoms with van der Waals surface area (Å²) in [6.45, 7) is 1.78. The number of halogens is 2. The van der Waals surface area contributed by atoms with Crippen LogP contribution in [0.5, 0.6) is 5.75 Å². The minimum Gasteiger partial charge on any atom is -0.487 e. The molecule has 1 fully saturated rings. The zero-order valence-electron chi connectivity index (χ0n) is 14.6. The third-order valence-corrected chi connectivity index (χ3v) is 6.21. The van der Waals surface area contributed by atoms with Crippen LogP contribution in [0.15, 0.2) is 35.4 Å². The van der Waals surface area contributed by atoms with Gasteiger partial charge in [-0.25, -0.2) is 9.29 Å². The van der Waals surface area contributed by atoms with Crippen molar-refractivity contribution in [2.45, 2.75) is 56.7 Å². The summed E-state index contributed by atoms with van der Waals surface area (Å²) < 4.78 is 20.1. The van der Waals surface area contributed by atoms with E-state index in [4.69, 9.17) is 16.3 Å². The fraction of sp³-hybridized carbons (Fsp3) is 0.500. The molecule has 4 nitrogen and oxygen atoms in total. The van der Waals surface area contributed by atoms with E-state index in [1.807, 2.05) is 0 Å². The summed E-state index contributed by atoms with van der Waals surface area (Å²) in [4.78, 5) is 26.6. The number of carbonyl (C=O) groups excluding carboxylic acids is 2. The highest BCUT2D eigenvalue weighted by molar-refractivity contribution is 6.33. The number of benzene rings is 1. The van der Waals surface area contributed by atoms with Gasteiger partial charge in [-0.05, 0) is 37.8 Å². The van der Waals surface area contributed by atoms with Gasteiger partial charge in [0, 0.05) is 34.9 Å². The van der Waals surface area contributed by atoms with Crippen LogP contribution in [0.3, 0.4) is 0 Å². The molecule has 1 aromatic carbocycles. The lowest BCUT2D eigenvalue weighted by Gasteiger charge is -2.19. The van der Waals surface area contributed by atoms with Crippen LogP contribution in [0.4, 0.5) is 10.1 Å². The molecule has 26 heavy (non-hydrogen) atoms. The largest absolute Gasteiger partial charge is 0.487 e. The molecule has 3 aliphatic rings. The molecule has 0 bridgehead atoms. The lowest BCUT2D eigenvalue weighted by Crippen LogP contribution is -2.31. The average Bonchev–Trinajstić information content (AvgIpc) is 3.04. The number of amides is 2. The van der Waals surface area contributed by atoms with Crippen LogP contribution in [0.25, 0.3) is 0 Å². The van der Waals surface area contributed by atoms with E-state index < -0.39 is 12.3 Å². The molecule has 0 N–H and O–H groups in total. The molecule has 1 aromatic rings. The first kappa shape index (κ1) is 17.5. The molecular formula is C20H21ClFNO3. The Morgan fingerprint density at radius 2 is 1.81 bits per heavy atom. The summed E-state index contributed by atoms with van der Waals surface area (Å²) in [5, 5.41) is -0.254. The highest BCUT2D eigenvalue weighted by atomic mass is 35.5. The number of imide groups is 1. The standard InChI is InChI=1S/C20H21ClFNO3/c1-11-16(21)10-17(18(11)22)26-13-6-4-5-12(9-13)23-19(24)14-7-2-3-8-15(14)20(23)25/h4-6,9,11,16-18H,2-3,7-8,10H2,1H3. The normalized spacial score (nSPS) is 31.6. The second-order valence-electron chi connectivity index (χ2n) is 7.32. The lowest BCUT2D eigenvalue weighted by atomic mass is 9.93. The van der Waals surface area contributed by atoms with Gasteiger partial charge >= 0.3 is 0 Å². The van der Waals surface area contributed by atoms with E-state index in [0.717, 1.165) is 12.8 Å². The van der Waals surface area contributed by atoms with Crippen molar-refractivity contribution >= 4 is 29.1 Å². The van der Waals surface area contributed by atoms with Crippen molar-refractivity contribution in [3.63, 3.8) is 0 Å². The number of rotatable bonds is 3. The van der Waals surface area contributed by atoms with Crippen molar-refractivity contribution in [1.82, 2.24) is 0 Å². The first-order chi connectivity index (χ1) is 12.5. The van der Waals surface area contributed by atoms with Gasteiger partial charge in [0.05, 0.1) is 5.69 Å². The van der Waals surface area contributed by atoms with Crippen molar-refractivity contribution in [3.05, 3.63) is 35.4 Å². The summed E-state index contributed by atoms with van der Waals surface area (Å²) in [5.41, 5.74) is 1.76. The topological polar surface area (TPSA) is 46.6 Å². The van der Waals surface area contributed by atoms with E-state index in [-0.39, 0.29) is 23.1 Å². The molecule has 2 aliphatic carbocycles. The molecule has 1 saturated carbocycles. The van der Waals surface area contributed by atoms with Crippen LogP contribution in [-0.4, -0.2) is 29.5 Å². The molecule has 4 rings (SSSR count). The van der Waals surface area contributed by atoms with E-state index in [1.165, 1.54) is 4.90 Å². The zero-order valence-corrected chi connectivity index (χ0v) is 15.3. The van der Waals surface area contributed by atoms with Gasteiger partial charge in [-0.1, -0.05) is 13.0 Å². The van der Waals surface area contributed by atoms with Gasteiger partial charge in [-0.2, -0.15) is 0 Å². The van der Waals surface area contributed by atoms with E-state index in [2.05, 4.69) is 0 Å². The van der Waals surface area contributed by atoms with Crippen molar-refractivity contribution in [2.75, 3.05) is 4.90 Å². The number of carbonyl (C=O) groups is 2. The first-order valence-corrected chi connectivity index (χ1v) is 9.56. The highest BCUT2D eigenvalue weighted by Gasteiger charge is 2.42. The Balaban J connectivity index is 1.55. The Labute approximate surface area is 156 Å². The molecule has 4 unspecified atom stereocenters. The minimum atomic E-state index is -1.13. The molecule has 0 spiro atoms. The molecule has 2 amide bonds. The zero-order chi connectivity index (χ0) is 18.4.